The summed E-state index contributed by atoms with van der Waals surface area (Å²) in [6.07, 6.45) is 4.46. The molecule has 4 nitrogen and oxygen atoms in total. The molecule has 1 amide bonds. The van der Waals surface area contributed by atoms with Crippen molar-refractivity contribution in [3.05, 3.63) is 0 Å². The number of carbonyl (C=O) groups is 1. The summed E-state index contributed by atoms with van der Waals surface area (Å²) in [7, 11) is -0.775. The lowest BCUT2D eigenvalue weighted by atomic mass is 9.74. The van der Waals surface area contributed by atoms with Crippen LogP contribution in [0.15, 0.2) is 0 Å². The normalized spacial score (nSPS) is 25.2. The van der Waals surface area contributed by atoms with Crippen molar-refractivity contribution in [1.29, 1.82) is 5.26 Å². The van der Waals surface area contributed by atoms with Crippen LogP contribution in [0.25, 0.3) is 0 Å². The maximum Gasteiger partial charge on any atom is 0.243 e. The average Bonchev–Trinajstić information content (AvgIpc) is 2.39. The number of amides is 1. The molecule has 0 atom stereocenters. The van der Waals surface area contributed by atoms with Gasteiger partial charge in [-0.1, -0.05) is 19.3 Å². The summed E-state index contributed by atoms with van der Waals surface area (Å²) in [6.45, 7) is 1.10. The maximum atomic E-state index is 12.4. The van der Waals surface area contributed by atoms with Crippen LogP contribution in [0, 0.1) is 16.7 Å². The van der Waals surface area contributed by atoms with E-state index in [1.165, 1.54) is 0 Å². The molecule has 2 fully saturated rings. The van der Waals surface area contributed by atoms with Gasteiger partial charge < -0.3 is 4.90 Å². The van der Waals surface area contributed by atoms with E-state index >= 15 is 0 Å². The third-order valence-electron chi connectivity index (χ3n) is 3.80. The first-order chi connectivity index (χ1) is 8.18. The van der Waals surface area contributed by atoms with Crippen molar-refractivity contribution in [2.45, 2.75) is 32.1 Å². The Morgan fingerprint density at radius 2 is 1.76 bits per heavy atom. The highest BCUT2D eigenvalue weighted by molar-refractivity contribution is 7.85. The fourth-order valence-corrected chi connectivity index (χ4v) is 3.72. The summed E-state index contributed by atoms with van der Waals surface area (Å²) in [4.78, 5) is 14.2. The molecule has 0 radical (unpaired) electrons. The number of carbonyl (C=O) groups excluding carboxylic acids is 1. The van der Waals surface area contributed by atoms with Gasteiger partial charge >= 0.3 is 0 Å². The molecule has 1 aliphatic heterocycles. The second-order valence-electron chi connectivity index (χ2n) is 4.89. The van der Waals surface area contributed by atoms with Gasteiger partial charge in [-0.05, 0) is 12.8 Å². The molecule has 1 saturated heterocycles. The lowest BCUT2D eigenvalue weighted by Crippen LogP contribution is -2.49. The van der Waals surface area contributed by atoms with Gasteiger partial charge in [-0.15, -0.1) is 0 Å². The first-order valence-corrected chi connectivity index (χ1v) is 7.72. The summed E-state index contributed by atoms with van der Waals surface area (Å²) in [5, 5.41) is 9.34. The Hall–Kier alpha value is -0.890. The van der Waals surface area contributed by atoms with Crippen molar-refractivity contribution in [3.63, 3.8) is 0 Å². The molecule has 0 spiro atoms. The van der Waals surface area contributed by atoms with E-state index in [0.717, 1.165) is 19.3 Å². The van der Waals surface area contributed by atoms with Gasteiger partial charge in [0.25, 0.3) is 0 Å². The van der Waals surface area contributed by atoms with E-state index in [-0.39, 0.29) is 5.91 Å². The summed E-state index contributed by atoms with van der Waals surface area (Å²) in [5.74, 6) is 1.11. The molecule has 0 aromatic heterocycles. The van der Waals surface area contributed by atoms with Crippen LogP contribution in [0.4, 0.5) is 0 Å². The Morgan fingerprint density at radius 1 is 1.18 bits per heavy atom. The molecule has 0 bridgehead atoms. The predicted molar refractivity (Wildman–Crippen MR) is 65.6 cm³/mol. The molecule has 94 valence electrons. The van der Waals surface area contributed by atoms with E-state index in [2.05, 4.69) is 6.07 Å². The molecule has 0 N–H and O–H groups in total. The number of nitriles is 1. The topological polar surface area (TPSA) is 61.2 Å². The number of hydrogen-bond acceptors (Lipinski definition) is 3. The van der Waals surface area contributed by atoms with Crippen LogP contribution >= 0.6 is 0 Å². The Balaban J connectivity index is 2.07. The van der Waals surface area contributed by atoms with Gasteiger partial charge in [0.1, 0.15) is 5.41 Å². The fraction of sp³-hybridized carbons (Fsp3) is 0.833. The summed E-state index contributed by atoms with van der Waals surface area (Å²) >= 11 is 0. The first-order valence-electron chi connectivity index (χ1n) is 6.23. The van der Waals surface area contributed by atoms with Crippen LogP contribution in [-0.4, -0.2) is 39.6 Å². The van der Waals surface area contributed by atoms with Gasteiger partial charge in [-0.3, -0.25) is 9.00 Å². The highest BCUT2D eigenvalue weighted by atomic mass is 32.2. The molecular formula is C12H18N2O2S. The molecule has 5 heteroatoms. The van der Waals surface area contributed by atoms with Crippen LogP contribution in [0.1, 0.15) is 32.1 Å². The van der Waals surface area contributed by atoms with Crippen molar-refractivity contribution in [2.24, 2.45) is 5.41 Å². The highest BCUT2D eigenvalue weighted by Crippen LogP contribution is 2.37. The van der Waals surface area contributed by atoms with Crippen molar-refractivity contribution in [3.8, 4) is 6.07 Å². The van der Waals surface area contributed by atoms with E-state index < -0.39 is 16.2 Å². The Bertz CT molecular complexity index is 359. The monoisotopic (exact) mass is 254 g/mol. The average molecular weight is 254 g/mol. The minimum absolute atomic E-state index is 0.0172. The Labute approximate surface area is 104 Å². The van der Waals surface area contributed by atoms with E-state index in [1.54, 1.807) is 4.90 Å². The number of nitrogens with zero attached hydrogens (tertiary/aromatic N) is 2. The van der Waals surface area contributed by atoms with Crippen LogP contribution in [0.2, 0.25) is 0 Å². The van der Waals surface area contributed by atoms with Gasteiger partial charge in [0.2, 0.25) is 5.91 Å². The SMILES string of the molecule is N#CC1(C(=O)N2CCS(=O)CC2)CCCCC1. The summed E-state index contributed by atoms with van der Waals surface area (Å²) in [5.41, 5.74) is -0.781. The third-order valence-corrected chi connectivity index (χ3v) is 5.07. The largest absolute Gasteiger partial charge is 0.339 e. The lowest BCUT2D eigenvalue weighted by molar-refractivity contribution is -0.140. The maximum absolute atomic E-state index is 12.4. The molecule has 2 aliphatic rings. The number of rotatable bonds is 1. The second kappa shape index (κ2) is 5.18. The summed E-state index contributed by atoms with van der Waals surface area (Å²) < 4.78 is 11.3. The molecular weight excluding hydrogens is 236 g/mol. The zero-order chi connectivity index (χ0) is 12.3. The minimum atomic E-state index is -0.781. The van der Waals surface area contributed by atoms with Gasteiger partial charge in [0.15, 0.2) is 0 Å². The molecule has 1 heterocycles. The first kappa shape index (κ1) is 12.6. The number of hydrogen-bond donors (Lipinski definition) is 0. The molecule has 0 aromatic rings. The van der Waals surface area contributed by atoms with Crippen LogP contribution in [0.5, 0.6) is 0 Å². The minimum Gasteiger partial charge on any atom is -0.339 e. The quantitative estimate of drug-likeness (QED) is 0.702. The van der Waals surface area contributed by atoms with Gasteiger partial charge in [0.05, 0.1) is 6.07 Å². The van der Waals surface area contributed by atoms with Gasteiger partial charge in [-0.25, -0.2) is 0 Å². The summed E-state index contributed by atoms with van der Waals surface area (Å²) in [6, 6.07) is 2.26. The second-order valence-corrected chi connectivity index (χ2v) is 6.59. The van der Waals surface area contributed by atoms with E-state index in [9.17, 15) is 14.3 Å². The van der Waals surface area contributed by atoms with Crippen molar-refractivity contribution < 1.29 is 9.00 Å². The smallest absolute Gasteiger partial charge is 0.243 e. The van der Waals surface area contributed by atoms with Crippen molar-refractivity contribution in [2.75, 3.05) is 24.6 Å². The van der Waals surface area contributed by atoms with Crippen LogP contribution < -0.4 is 0 Å². The molecule has 1 aliphatic carbocycles. The Kier molecular flexibility index (Phi) is 3.82. The zero-order valence-electron chi connectivity index (χ0n) is 9.98. The molecule has 1 saturated carbocycles. The van der Waals surface area contributed by atoms with E-state index in [4.69, 9.17) is 0 Å². The Morgan fingerprint density at radius 3 is 2.29 bits per heavy atom. The molecule has 0 unspecified atom stereocenters. The van der Waals surface area contributed by atoms with Gasteiger partial charge in [-0.2, -0.15) is 5.26 Å². The molecule has 2 rings (SSSR count). The van der Waals surface area contributed by atoms with Crippen molar-refractivity contribution >= 4 is 16.7 Å². The van der Waals surface area contributed by atoms with Gasteiger partial charge in [0, 0.05) is 35.4 Å². The standard InChI is InChI=1S/C12H18N2O2S/c13-10-12(4-2-1-3-5-12)11(15)14-6-8-17(16)9-7-14/h1-9H2. The van der Waals surface area contributed by atoms with Crippen LogP contribution in [-0.2, 0) is 15.6 Å². The highest BCUT2D eigenvalue weighted by Gasteiger charge is 2.42. The van der Waals surface area contributed by atoms with Crippen LogP contribution in [0.3, 0.4) is 0 Å². The molecule has 17 heavy (non-hydrogen) atoms. The fourth-order valence-electron chi connectivity index (χ4n) is 2.67. The zero-order valence-corrected chi connectivity index (χ0v) is 10.8. The van der Waals surface area contributed by atoms with E-state index in [1.807, 2.05) is 0 Å². The van der Waals surface area contributed by atoms with E-state index in [0.29, 0.717) is 37.4 Å². The third kappa shape index (κ3) is 2.52. The lowest BCUT2D eigenvalue weighted by Gasteiger charge is -2.36. The molecule has 0 aromatic carbocycles. The predicted octanol–water partition coefficient (Wildman–Crippen LogP) is 1.05. The van der Waals surface area contributed by atoms with Crippen molar-refractivity contribution in [1.82, 2.24) is 4.90 Å².